The van der Waals surface area contributed by atoms with Crippen LogP contribution in [0.15, 0.2) is 0 Å². The molecular formula is C11H19N3O2. The minimum atomic E-state index is 0.119. The Morgan fingerprint density at radius 2 is 1.94 bits per heavy atom. The normalized spacial score (nSPS) is 20.6. The minimum absolute atomic E-state index is 0.119. The van der Waals surface area contributed by atoms with Crippen molar-refractivity contribution in [1.82, 2.24) is 15.5 Å². The van der Waals surface area contributed by atoms with Gasteiger partial charge in [-0.2, -0.15) is 0 Å². The Balaban J connectivity index is 1.60. The molecule has 0 aromatic rings. The molecule has 0 aromatic carbocycles. The van der Waals surface area contributed by atoms with Crippen molar-refractivity contribution in [2.24, 2.45) is 5.92 Å². The van der Waals surface area contributed by atoms with Gasteiger partial charge < -0.3 is 15.5 Å². The predicted molar refractivity (Wildman–Crippen MR) is 59.8 cm³/mol. The van der Waals surface area contributed by atoms with E-state index in [0.717, 1.165) is 39.0 Å². The second kappa shape index (κ2) is 5.30. The molecule has 2 rings (SSSR count). The Hall–Kier alpha value is -1.10. The quantitative estimate of drug-likeness (QED) is 0.667. The molecule has 1 heterocycles. The Kier molecular flexibility index (Phi) is 3.77. The molecule has 0 radical (unpaired) electrons. The van der Waals surface area contributed by atoms with E-state index in [4.69, 9.17) is 0 Å². The van der Waals surface area contributed by atoms with Gasteiger partial charge in [0.1, 0.15) is 0 Å². The maximum atomic E-state index is 11.7. The fourth-order valence-corrected chi connectivity index (χ4v) is 1.85. The molecule has 2 amide bonds. The first-order valence-corrected chi connectivity index (χ1v) is 6.03. The van der Waals surface area contributed by atoms with Crippen LogP contribution in [0, 0.1) is 5.92 Å². The predicted octanol–water partition coefficient (Wildman–Crippen LogP) is -0.665. The van der Waals surface area contributed by atoms with Crippen LogP contribution in [0.25, 0.3) is 0 Å². The number of nitrogens with zero attached hydrogens (tertiary/aromatic N) is 1. The number of hydrogen-bond acceptors (Lipinski definition) is 3. The van der Waals surface area contributed by atoms with Crippen molar-refractivity contribution in [3.8, 4) is 0 Å². The highest BCUT2D eigenvalue weighted by Gasteiger charge is 2.29. The molecule has 5 heteroatoms. The van der Waals surface area contributed by atoms with E-state index in [-0.39, 0.29) is 17.7 Å². The molecule has 2 fully saturated rings. The molecule has 1 saturated carbocycles. The first-order valence-electron chi connectivity index (χ1n) is 6.03. The highest BCUT2D eigenvalue weighted by atomic mass is 16.2. The Bertz CT molecular complexity index is 270. The molecule has 0 aromatic heterocycles. The fourth-order valence-electron chi connectivity index (χ4n) is 1.85. The van der Waals surface area contributed by atoms with E-state index in [2.05, 4.69) is 10.6 Å². The third-order valence-corrected chi connectivity index (χ3v) is 3.06. The highest BCUT2D eigenvalue weighted by molar-refractivity contribution is 5.82. The molecule has 0 atom stereocenters. The molecule has 2 N–H and O–H groups in total. The second-order valence-electron chi connectivity index (χ2n) is 4.45. The molecular weight excluding hydrogens is 206 g/mol. The lowest BCUT2D eigenvalue weighted by Crippen LogP contribution is -2.47. The Morgan fingerprint density at radius 1 is 1.25 bits per heavy atom. The van der Waals surface area contributed by atoms with Crippen LogP contribution in [-0.2, 0) is 9.59 Å². The summed E-state index contributed by atoms with van der Waals surface area (Å²) in [6.45, 7) is 3.81. The molecule has 5 nitrogen and oxygen atoms in total. The van der Waals surface area contributed by atoms with Crippen molar-refractivity contribution >= 4 is 11.8 Å². The van der Waals surface area contributed by atoms with Gasteiger partial charge in [0.25, 0.3) is 0 Å². The van der Waals surface area contributed by atoms with Crippen LogP contribution in [0.1, 0.15) is 19.3 Å². The van der Waals surface area contributed by atoms with Gasteiger partial charge >= 0.3 is 0 Å². The summed E-state index contributed by atoms with van der Waals surface area (Å²) in [5.74, 6) is 0.500. The molecule has 1 saturated heterocycles. The lowest BCUT2D eigenvalue weighted by molar-refractivity contribution is -0.131. The summed E-state index contributed by atoms with van der Waals surface area (Å²) in [5.41, 5.74) is 0. The topological polar surface area (TPSA) is 61.4 Å². The number of amides is 2. The second-order valence-corrected chi connectivity index (χ2v) is 4.45. The largest absolute Gasteiger partial charge is 0.355 e. The standard InChI is InChI=1S/C11H19N3O2/c15-10(14-7-5-12-6-8-14)3-4-13-11(16)9-1-2-9/h9,12H,1-8H2,(H,13,16). The third-order valence-electron chi connectivity index (χ3n) is 3.06. The number of rotatable bonds is 4. The van der Waals surface area contributed by atoms with Crippen molar-refractivity contribution in [2.75, 3.05) is 32.7 Å². The molecule has 16 heavy (non-hydrogen) atoms. The van der Waals surface area contributed by atoms with Crippen LogP contribution < -0.4 is 10.6 Å². The fraction of sp³-hybridized carbons (Fsp3) is 0.818. The number of nitrogens with one attached hydrogen (secondary N) is 2. The van der Waals surface area contributed by atoms with E-state index in [1.54, 1.807) is 0 Å². The molecule has 90 valence electrons. The molecule has 2 aliphatic rings. The zero-order valence-electron chi connectivity index (χ0n) is 9.50. The first-order chi connectivity index (χ1) is 7.77. The van der Waals surface area contributed by atoms with Crippen molar-refractivity contribution < 1.29 is 9.59 Å². The van der Waals surface area contributed by atoms with E-state index >= 15 is 0 Å². The summed E-state index contributed by atoms with van der Waals surface area (Å²) >= 11 is 0. The summed E-state index contributed by atoms with van der Waals surface area (Å²) in [7, 11) is 0. The summed E-state index contributed by atoms with van der Waals surface area (Å²) < 4.78 is 0. The number of hydrogen-bond donors (Lipinski definition) is 2. The third kappa shape index (κ3) is 3.20. The summed E-state index contributed by atoms with van der Waals surface area (Å²) in [6.07, 6.45) is 2.45. The zero-order chi connectivity index (χ0) is 11.4. The van der Waals surface area contributed by atoms with E-state index in [9.17, 15) is 9.59 Å². The molecule has 0 spiro atoms. The minimum Gasteiger partial charge on any atom is -0.355 e. The van der Waals surface area contributed by atoms with Gasteiger partial charge in [-0.05, 0) is 12.8 Å². The lowest BCUT2D eigenvalue weighted by Gasteiger charge is -2.27. The number of carbonyl (C=O) groups is 2. The van der Waals surface area contributed by atoms with E-state index in [1.807, 2.05) is 4.90 Å². The Morgan fingerprint density at radius 3 is 2.56 bits per heavy atom. The molecule has 0 bridgehead atoms. The first kappa shape index (κ1) is 11.4. The van der Waals surface area contributed by atoms with Gasteiger partial charge in [0.05, 0.1) is 0 Å². The smallest absolute Gasteiger partial charge is 0.224 e. The number of carbonyl (C=O) groups excluding carboxylic acids is 2. The Labute approximate surface area is 95.6 Å². The summed E-state index contributed by atoms with van der Waals surface area (Å²) in [4.78, 5) is 24.9. The maximum absolute atomic E-state index is 11.7. The van der Waals surface area contributed by atoms with Gasteiger partial charge in [-0.3, -0.25) is 9.59 Å². The van der Waals surface area contributed by atoms with Gasteiger partial charge in [-0.15, -0.1) is 0 Å². The maximum Gasteiger partial charge on any atom is 0.224 e. The van der Waals surface area contributed by atoms with Crippen LogP contribution in [0.5, 0.6) is 0 Å². The summed E-state index contributed by atoms with van der Waals surface area (Å²) in [6, 6.07) is 0. The monoisotopic (exact) mass is 225 g/mol. The molecule has 0 unspecified atom stereocenters. The van der Waals surface area contributed by atoms with Gasteiger partial charge in [0.15, 0.2) is 0 Å². The SMILES string of the molecule is O=C(NCCC(=O)N1CCNCC1)C1CC1. The summed E-state index contributed by atoms with van der Waals surface area (Å²) in [5, 5.41) is 6.02. The van der Waals surface area contributed by atoms with Crippen LogP contribution in [-0.4, -0.2) is 49.4 Å². The van der Waals surface area contributed by atoms with Crippen molar-refractivity contribution in [3.63, 3.8) is 0 Å². The zero-order valence-corrected chi connectivity index (χ0v) is 9.50. The van der Waals surface area contributed by atoms with Gasteiger partial charge in [-0.25, -0.2) is 0 Å². The molecule has 1 aliphatic carbocycles. The van der Waals surface area contributed by atoms with Crippen LogP contribution in [0.4, 0.5) is 0 Å². The van der Waals surface area contributed by atoms with Crippen LogP contribution >= 0.6 is 0 Å². The van der Waals surface area contributed by atoms with Crippen molar-refractivity contribution in [3.05, 3.63) is 0 Å². The van der Waals surface area contributed by atoms with Gasteiger partial charge in [0.2, 0.25) is 11.8 Å². The van der Waals surface area contributed by atoms with E-state index in [1.165, 1.54) is 0 Å². The van der Waals surface area contributed by atoms with Crippen molar-refractivity contribution in [2.45, 2.75) is 19.3 Å². The van der Waals surface area contributed by atoms with Gasteiger partial charge in [-0.1, -0.05) is 0 Å². The van der Waals surface area contributed by atoms with Crippen LogP contribution in [0.3, 0.4) is 0 Å². The average molecular weight is 225 g/mol. The lowest BCUT2D eigenvalue weighted by atomic mass is 10.3. The van der Waals surface area contributed by atoms with Gasteiger partial charge in [0, 0.05) is 45.1 Å². The van der Waals surface area contributed by atoms with Crippen LogP contribution in [0.2, 0.25) is 0 Å². The van der Waals surface area contributed by atoms with Crippen molar-refractivity contribution in [1.29, 1.82) is 0 Å². The van der Waals surface area contributed by atoms with E-state index in [0.29, 0.717) is 13.0 Å². The molecule has 1 aliphatic heterocycles. The van der Waals surface area contributed by atoms with E-state index < -0.39 is 0 Å². The number of piperazine rings is 1. The highest BCUT2D eigenvalue weighted by Crippen LogP contribution is 2.28. The average Bonchev–Trinajstić information content (AvgIpc) is 3.14.